The van der Waals surface area contributed by atoms with E-state index in [0.717, 1.165) is 10.1 Å². The van der Waals surface area contributed by atoms with Crippen LogP contribution in [0.15, 0.2) is 24.3 Å². The second-order valence-electron chi connectivity index (χ2n) is 3.74. The van der Waals surface area contributed by atoms with Crippen LogP contribution in [0, 0.1) is 5.82 Å². The second-order valence-corrected chi connectivity index (χ2v) is 4.83. The highest BCUT2D eigenvalue weighted by atomic mass is 32.1. The van der Waals surface area contributed by atoms with E-state index in [1.54, 1.807) is 19.2 Å². The van der Waals surface area contributed by atoms with Crippen molar-refractivity contribution in [3.8, 4) is 0 Å². The number of fused-ring (bicyclic) bond motifs is 1. The van der Waals surface area contributed by atoms with E-state index in [2.05, 4.69) is 0 Å². The van der Waals surface area contributed by atoms with Crippen LogP contribution in [0.2, 0.25) is 0 Å². The molecule has 0 aliphatic rings. The van der Waals surface area contributed by atoms with E-state index in [9.17, 15) is 9.18 Å². The zero-order valence-electron chi connectivity index (χ0n) is 9.31. The lowest BCUT2D eigenvalue weighted by atomic mass is 10.2. The number of carbonyl (C=O) groups is 1. The van der Waals surface area contributed by atoms with Gasteiger partial charge in [0.25, 0.3) is 5.91 Å². The Balaban J connectivity index is 2.33. The van der Waals surface area contributed by atoms with Crippen molar-refractivity contribution in [2.24, 2.45) is 0 Å². The molecule has 0 atom stereocenters. The summed E-state index contributed by atoms with van der Waals surface area (Å²) >= 11 is 1.33. The van der Waals surface area contributed by atoms with Crippen molar-refractivity contribution in [1.82, 2.24) is 4.90 Å². The first kappa shape index (κ1) is 12.0. The van der Waals surface area contributed by atoms with Gasteiger partial charge in [0.2, 0.25) is 0 Å². The number of nitrogens with zero attached hydrogens (tertiary/aromatic N) is 1. The standard InChI is InChI=1S/C12H12FNO2S/c1-14(4-5-15)12(16)11-7-8-6-9(13)2-3-10(8)17-11/h2-3,6-7,15H,4-5H2,1H3. The van der Waals surface area contributed by atoms with Gasteiger partial charge in [0, 0.05) is 18.3 Å². The third kappa shape index (κ3) is 2.45. The van der Waals surface area contributed by atoms with Crippen molar-refractivity contribution in [3.05, 3.63) is 35.0 Å². The van der Waals surface area contributed by atoms with Gasteiger partial charge in [0.1, 0.15) is 5.82 Å². The van der Waals surface area contributed by atoms with E-state index in [-0.39, 0.29) is 18.3 Å². The fraction of sp³-hybridized carbons (Fsp3) is 0.250. The van der Waals surface area contributed by atoms with Crippen LogP contribution in [0.4, 0.5) is 4.39 Å². The first-order chi connectivity index (χ1) is 8.11. The van der Waals surface area contributed by atoms with Gasteiger partial charge >= 0.3 is 0 Å². The summed E-state index contributed by atoms with van der Waals surface area (Å²) in [5.41, 5.74) is 0. The van der Waals surface area contributed by atoms with Crippen LogP contribution in [-0.4, -0.2) is 36.1 Å². The molecule has 2 aromatic rings. The van der Waals surface area contributed by atoms with Gasteiger partial charge in [-0.1, -0.05) is 0 Å². The highest BCUT2D eigenvalue weighted by Crippen LogP contribution is 2.26. The minimum Gasteiger partial charge on any atom is -0.395 e. The number of thiophene rings is 1. The normalized spacial score (nSPS) is 10.8. The maximum atomic E-state index is 13.0. The molecule has 90 valence electrons. The van der Waals surface area contributed by atoms with Crippen LogP contribution in [0.3, 0.4) is 0 Å². The molecule has 0 saturated heterocycles. The topological polar surface area (TPSA) is 40.5 Å². The monoisotopic (exact) mass is 253 g/mol. The summed E-state index contributed by atoms with van der Waals surface area (Å²) in [6, 6.07) is 6.14. The summed E-state index contributed by atoms with van der Waals surface area (Å²) in [5, 5.41) is 9.50. The molecule has 5 heteroatoms. The van der Waals surface area contributed by atoms with Gasteiger partial charge in [0.05, 0.1) is 11.5 Å². The molecular weight excluding hydrogens is 241 g/mol. The van der Waals surface area contributed by atoms with Gasteiger partial charge in [0.15, 0.2) is 0 Å². The maximum absolute atomic E-state index is 13.0. The van der Waals surface area contributed by atoms with Gasteiger partial charge in [-0.05, 0) is 29.7 Å². The van der Waals surface area contributed by atoms with Crippen LogP contribution in [0.1, 0.15) is 9.67 Å². The highest BCUT2D eigenvalue weighted by Gasteiger charge is 2.14. The van der Waals surface area contributed by atoms with Crippen molar-refractivity contribution in [2.45, 2.75) is 0 Å². The number of benzene rings is 1. The number of rotatable bonds is 3. The van der Waals surface area contributed by atoms with Crippen molar-refractivity contribution < 1.29 is 14.3 Å². The number of aliphatic hydroxyl groups is 1. The first-order valence-corrected chi connectivity index (χ1v) is 5.99. The fourth-order valence-electron chi connectivity index (χ4n) is 1.56. The minimum absolute atomic E-state index is 0.0677. The van der Waals surface area contributed by atoms with Gasteiger partial charge in [-0.25, -0.2) is 4.39 Å². The quantitative estimate of drug-likeness (QED) is 0.910. The Morgan fingerprint density at radius 2 is 2.24 bits per heavy atom. The Morgan fingerprint density at radius 3 is 2.94 bits per heavy atom. The van der Waals surface area contributed by atoms with E-state index < -0.39 is 0 Å². The number of halogens is 1. The molecule has 1 aromatic heterocycles. The number of hydrogen-bond acceptors (Lipinski definition) is 3. The molecule has 1 heterocycles. The van der Waals surface area contributed by atoms with E-state index in [1.165, 1.54) is 28.4 Å². The molecule has 1 aromatic carbocycles. The number of carbonyl (C=O) groups excluding carboxylic acids is 1. The fourth-order valence-corrected chi connectivity index (χ4v) is 2.60. The lowest BCUT2D eigenvalue weighted by Gasteiger charge is -2.13. The average Bonchev–Trinajstić information content (AvgIpc) is 2.71. The predicted molar refractivity (Wildman–Crippen MR) is 65.8 cm³/mol. The Labute approximate surface area is 102 Å². The molecule has 0 fully saturated rings. The number of likely N-dealkylation sites (N-methyl/N-ethyl adjacent to an activating group) is 1. The van der Waals surface area contributed by atoms with Crippen molar-refractivity contribution in [2.75, 3.05) is 20.2 Å². The average molecular weight is 253 g/mol. The Morgan fingerprint density at radius 1 is 1.47 bits per heavy atom. The number of amides is 1. The lowest BCUT2D eigenvalue weighted by Crippen LogP contribution is -2.28. The third-order valence-electron chi connectivity index (χ3n) is 2.47. The Hall–Kier alpha value is -1.46. The van der Waals surface area contributed by atoms with Gasteiger partial charge in [-0.3, -0.25) is 4.79 Å². The molecule has 3 nitrogen and oxygen atoms in total. The summed E-state index contributed by atoms with van der Waals surface area (Å²) in [5.74, 6) is -0.460. The van der Waals surface area contributed by atoms with Crippen LogP contribution in [0.25, 0.3) is 10.1 Å². The molecule has 0 radical (unpaired) electrons. The van der Waals surface area contributed by atoms with Crippen LogP contribution in [0.5, 0.6) is 0 Å². The molecule has 17 heavy (non-hydrogen) atoms. The zero-order valence-corrected chi connectivity index (χ0v) is 10.1. The molecule has 0 bridgehead atoms. The molecule has 1 amide bonds. The molecule has 0 aliphatic heterocycles. The van der Waals surface area contributed by atoms with Gasteiger partial charge in [-0.15, -0.1) is 11.3 Å². The molecule has 2 rings (SSSR count). The minimum atomic E-state index is -0.307. The predicted octanol–water partition coefficient (Wildman–Crippen LogP) is 2.10. The summed E-state index contributed by atoms with van der Waals surface area (Å²) in [7, 11) is 1.63. The molecule has 0 spiro atoms. The van der Waals surface area contributed by atoms with E-state index in [4.69, 9.17) is 5.11 Å². The summed E-state index contributed by atoms with van der Waals surface area (Å²) in [6.07, 6.45) is 0. The molecule has 0 unspecified atom stereocenters. The van der Waals surface area contributed by atoms with Crippen molar-refractivity contribution in [1.29, 1.82) is 0 Å². The summed E-state index contributed by atoms with van der Waals surface area (Å²) in [6.45, 7) is 0.225. The molecule has 0 saturated carbocycles. The second kappa shape index (κ2) is 4.81. The molecular formula is C12H12FNO2S. The summed E-state index contributed by atoms with van der Waals surface area (Å²) in [4.78, 5) is 13.9. The first-order valence-electron chi connectivity index (χ1n) is 5.17. The Bertz CT molecular complexity index is 552. The number of hydrogen-bond donors (Lipinski definition) is 1. The largest absolute Gasteiger partial charge is 0.395 e. The maximum Gasteiger partial charge on any atom is 0.263 e. The lowest BCUT2D eigenvalue weighted by molar-refractivity contribution is 0.0772. The van der Waals surface area contributed by atoms with Gasteiger partial charge in [-0.2, -0.15) is 0 Å². The zero-order chi connectivity index (χ0) is 12.4. The molecule has 0 aliphatic carbocycles. The van der Waals surface area contributed by atoms with Crippen LogP contribution >= 0.6 is 11.3 Å². The smallest absolute Gasteiger partial charge is 0.263 e. The molecule has 1 N–H and O–H groups in total. The van der Waals surface area contributed by atoms with E-state index in [1.807, 2.05) is 0 Å². The van der Waals surface area contributed by atoms with E-state index >= 15 is 0 Å². The third-order valence-corrected chi connectivity index (χ3v) is 3.58. The van der Waals surface area contributed by atoms with Crippen molar-refractivity contribution in [3.63, 3.8) is 0 Å². The highest BCUT2D eigenvalue weighted by molar-refractivity contribution is 7.20. The van der Waals surface area contributed by atoms with E-state index in [0.29, 0.717) is 11.4 Å². The SMILES string of the molecule is CN(CCO)C(=O)c1cc2cc(F)ccc2s1. The van der Waals surface area contributed by atoms with Gasteiger partial charge < -0.3 is 10.0 Å². The Kier molecular flexibility index (Phi) is 3.40. The summed E-state index contributed by atoms with van der Waals surface area (Å²) < 4.78 is 13.9. The van der Waals surface area contributed by atoms with Crippen LogP contribution in [-0.2, 0) is 0 Å². The van der Waals surface area contributed by atoms with Crippen molar-refractivity contribution >= 4 is 27.3 Å². The van der Waals surface area contributed by atoms with Crippen LogP contribution < -0.4 is 0 Å². The number of aliphatic hydroxyl groups excluding tert-OH is 1.